The van der Waals surface area contributed by atoms with E-state index in [4.69, 9.17) is 4.74 Å². The van der Waals surface area contributed by atoms with Crippen LogP contribution in [0.1, 0.15) is 46.0 Å². The van der Waals surface area contributed by atoms with Crippen molar-refractivity contribution in [3.63, 3.8) is 0 Å². The highest BCUT2D eigenvalue weighted by Gasteiger charge is 2.41. The normalized spacial score (nSPS) is 23.9. The van der Waals surface area contributed by atoms with Crippen LogP contribution in [0.4, 0.5) is 0 Å². The molecule has 0 aliphatic heterocycles. The third kappa shape index (κ3) is 2.42. The van der Waals surface area contributed by atoms with Crippen molar-refractivity contribution in [3.8, 4) is 0 Å². The Kier molecular flexibility index (Phi) is 2.85. The van der Waals surface area contributed by atoms with Gasteiger partial charge in [0.2, 0.25) is 0 Å². The Labute approximate surface area is 91.7 Å². The summed E-state index contributed by atoms with van der Waals surface area (Å²) in [4.78, 5) is 11.6. The summed E-state index contributed by atoms with van der Waals surface area (Å²) in [5.74, 6) is 1.72. The first-order valence-electron chi connectivity index (χ1n) is 5.96. The van der Waals surface area contributed by atoms with E-state index in [1.165, 1.54) is 19.3 Å². The van der Waals surface area contributed by atoms with Crippen molar-refractivity contribution in [2.24, 2.45) is 11.3 Å². The van der Waals surface area contributed by atoms with E-state index < -0.39 is 0 Å². The molecule has 0 aromatic rings. The third-order valence-electron chi connectivity index (χ3n) is 3.44. The van der Waals surface area contributed by atoms with Gasteiger partial charge in [-0.25, -0.2) is 0 Å². The SMILES string of the molecule is CC(C)COC1=CC(=O)CC2(CCC2)C1. The maximum Gasteiger partial charge on any atom is 0.159 e. The van der Waals surface area contributed by atoms with Gasteiger partial charge in [-0.1, -0.05) is 20.3 Å². The average Bonchev–Trinajstić information content (AvgIpc) is 2.11. The highest BCUT2D eigenvalue weighted by Crippen LogP contribution is 2.50. The van der Waals surface area contributed by atoms with Crippen LogP contribution in [-0.4, -0.2) is 12.4 Å². The molecule has 0 amide bonds. The molecular formula is C13H20O2. The second-order valence-corrected chi connectivity index (χ2v) is 5.49. The van der Waals surface area contributed by atoms with Crippen LogP contribution in [0, 0.1) is 11.3 Å². The monoisotopic (exact) mass is 208 g/mol. The molecule has 1 saturated carbocycles. The van der Waals surface area contributed by atoms with Gasteiger partial charge >= 0.3 is 0 Å². The molecule has 84 valence electrons. The number of carbonyl (C=O) groups excluding carboxylic acids is 1. The number of hydrogen-bond donors (Lipinski definition) is 0. The number of rotatable bonds is 3. The predicted octanol–water partition coefficient (Wildman–Crippen LogP) is 3.08. The second kappa shape index (κ2) is 3.99. The average molecular weight is 208 g/mol. The lowest BCUT2D eigenvalue weighted by molar-refractivity contribution is -0.120. The van der Waals surface area contributed by atoms with E-state index in [0.29, 0.717) is 5.92 Å². The summed E-state index contributed by atoms with van der Waals surface area (Å²) in [6, 6.07) is 0. The first kappa shape index (κ1) is 10.7. The van der Waals surface area contributed by atoms with Crippen molar-refractivity contribution >= 4 is 5.78 Å². The van der Waals surface area contributed by atoms with Crippen molar-refractivity contribution in [2.75, 3.05) is 6.61 Å². The third-order valence-corrected chi connectivity index (χ3v) is 3.44. The van der Waals surface area contributed by atoms with Crippen LogP contribution in [0.25, 0.3) is 0 Å². The fourth-order valence-corrected chi connectivity index (χ4v) is 2.48. The van der Waals surface area contributed by atoms with Crippen LogP contribution in [0.5, 0.6) is 0 Å². The van der Waals surface area contributed by atoms with E-state index in [1.54, 1.807) is 6.08 Å². The Bertz CT molecular complexity index is 285. The van der Waals surface area contributed by atoms with E-state index in [1.807, 2.05) is 0 Å². The van der Waals surface area contributed by atoms with E-state index in [0.717, 1.165) is 25.2 Å². The molecule has 1 spiro atoms. The Balaban J connectivity index is 1.96. The standard InChI is InChI=1S/C13H20O2/c1-10(2)9-15-12-6-11(14)7-13(8-12)4-3-5-13/h6,10H,3-5,7-9H2,1-2H3. The van der Waals surface area contributed by atoms with Crippen LogP contribution < -0.4 is 0 Å². The Morgan fingerprint density at radius 1 is 1.40 bits per heavy atom. The van der Waals surface area contributed by atoms with Crippen LogP contribution >= 0.6 is 0 Å². The molecule has 0 radical (unpaired) electrons. The Morgan fingerprint density at radius 2 is 2.13 bits per heavy atom. The zero-order chi connectivity index (χ0) is 10.9. The van der Waals surface area contributed by atoms with Crippen LogP contribution in [0.15, 0.2) is 11.8 Å². The Morgan fingerprint density at radius 3 is 2.67 bits per heavy atom. The summed E-state index contributed by atoms with van der Waals surface area (Å²) in [5.41, 5.74) is 0.290. The lowest BCUT2D eigenvalue weighted by Gasteiger charge is -2.43. The molecule has 0 unspecified atom stereocenters. The zero-order valence-corrected chi connectivity index (χ0v) is 9.71. The van der Waals surface area contributed by atoms with E-state index in [-0.39, 0.29) is 11.2 Å². The molecule has 2 rings (SSSR count). The fraction of sp³-hybridized carbons (Fsp3) is 0.769. The molecule has 1 fully saturated rings. The molecule has 2 aliphatic carbocycles. The van der Waals surface area contributed by atoms with E-state index in [9.17, 15) is 4.79 Å². The second-order valence-electron chi connectivity index (χ2n) is 5.49. The summed E-state index contributed by atoms with van der Waals surface area (Å²) in [6.07, 6.45) is 7.16. The van der Waals surface area contributed by atoms with Crippen molar-refractivity contribution in [2.45, 2.75) is 46.0 Å². The smallest absolute Gasteiger partial charge is 0.159 e. The van der Waals surface area contributed by atoms with E-state index >= 15 is 0 Å². The molecule has 2 nitrogen and oxygen atoms in total. The molecule has 0 aromatic heterocycles. The fourth-order valence-electron chi connectivity index (χ4n) is 2.48. The quantitative estimate of drug-likeness (QED) is 0.712. The summed E-state index contributed by atoms with van der Waals surface area (Å²) in [7, 11) is 0. The molecule has 0 N–H and O–H groups in total. The van der Waals surface area contributed by atoms with Gasteiger partial charge in [0, 0.05) is 18.9 Å². The molecule has 0 saturated heterocycles. The summed E-state index contributed by atoms with van der Waals surface area (Å²) in [6.45, 7) is 4.99. The number of ether oxygens (including phenoxy) is 1. The van der Waals surface area contributed by atoms with Gasteiger partial charge < -0.3 is 4.74 Å². The lowest BCUT2D eigenvalue weighted by Crippen LogP contribution is -2.35. The van der Waals surface area contributed by atoms with Crippen molar-refractivity contribution in [3.05, 3.63) is 11.8 Å². The maximum atomic E-state index is 11.6. The number of carbonyl (C=O) groups is 1. The van der Waals surface area contributed by atoms with Crippen LogP contribution in [0.3, 0.4) is 0 Å². The van der Waals surface area contributed by atoms with Crippen molar-refractivity contribution in [1.29, 1.82) is 0 Å². The number of hydrogen-bond acceptors (Lipinski definition) is 2. The highest BCUT2D eigenvalue weighted by molar-refractivity contribution is 5.91. The Hall–Kier alpha value is -0.790. The van der Waals surface area contributed by atoms with Gasteiger partial charge in [-0.05, 0) is 24.2 Å². The minimum atomic E-state index is 0.264. The molecular weight excluding hydrogens is 188 g/mol. The molecule has 0 aromatic carbocycles. The predicted molar refractivity (Wildman–Crippen MR) is 59.4 cm³/mol. The maximum absolute atomic E-state index is 11.6. The molecule has 0 bridgehead atoms. The van der Waals surface area contributed by atoms with Crippen molar-refractivity contribution < 1.29 is 9.53 Å². The molecule has 0 heterocycles. The van der Waals surface area contributed by atoms with Gasteiger partial charge in [-0.2, -0.15) is 0 Å². The zero-order valence-electron chi connectivity index (χ0n) is 9.71. The summed E-state index contributed by atoms with van der Waals surface area (Å²) < 4.78 is 5.69. The highest BCUT2D eigenvalue weighted by atomic mass is 16.5. The topological polar surface area (TPSA) is 26.3 Å². The minimum absolute atomic E-state index is 0.264. The van der Waals surface area contributed by atoms with Gasteiger partial charge in [0.1, 0.15) is 5.76 Å². The van der Waals surface area contributed by atoms with Gasteiger partial charge in [-0.3, -0.25) is 4.79 Å². The summed E-state index contributed by atoms with van der Waals surface area (Å²) in [5, 5.41) is 0. The van der Waals surface area contributed by atoms with Crippen LogP contribution in [-0.2, 0) is 9.53 Å². The van der Waals surface area contributed by atoms with Crippen molar-refractivity contribution in [1.82, 2.24) is 0 Å². The van der Waals surface area contributed by atoms with Gasteiger partial charge in [-0.15, -0.1) is 0 Å². The first-order chi connectivity index (χ1) is 7.10. The largest absolute Gasteiger partial charge is 0.498 e. The molecule has 0 atom stereocenters. The molecule has 15 heavy (non-hydrogen) atoms. The molecule has 2 aliphatic rings. The number of ketones is 1. The molecule has 2 heteroatoms. The van der Waals surface area contributed by atoms with Crippen LogP contribution in [0.2, 0.25) is 0 Å². The lowest BCUT2D eigenvalue weighted by atomic mass is 9.62. The van der Waals surface area contributed by atoms with E-state index in [2.05, 4.69) is 13.8 Å². The van der Waals surface area contributed by atoms with Gasteiger partial charge in [0.15, 0.2) is 5.78 Å². The minimum Gasteiger partial charge on any atom is -0.498 e. The first-order valence-corrected chi connectivity index (χ1v) is 5.96. The summed E-state index contributed by atoms with van der Waals surface area (Å²) >= 11 is 0. The van der Waals surface area contributed by atoms with Gasteiger partial charge in [0.05, 0.1) is 6.61 Å². The number of allylic oxidation sites excluding steroid dienone is 2. The van der Waals surface area contributed by atoms with Gasteiger partial charge in [0.25, 0.3) is 0 Å².